The molecule has 1 aromatic carbocycles. The van der Waals surface area contributed by atoms with Gasteiger partial charge in [-0.1, -0.05) is 32.8 Å². The third-order valence-corrected chi connectivity index (χ3v) is 5.46. The van der Waals surface area contributed by atoms with E-state index in [-0.39, 0.29) is 5.54 Å². The summed E-state index contributed by atoms with van der Waals surface area (Å²) >= 11 is 1.75. The molecule has 0 saturated heterocycles. The number of benzene rings is 1. The Morgan fingerprint density at radius 1 is 1.35 bits per heavy atom. The highest BCUT2D eigenvalue weighted by molar-refractivity contribution is 7.18. The second-order valence-corrected chi connectivity index (χ2v) is 6.89. The number of carbonyl (C=O) groups excluding carboxylic acids is 1. The van der Waals surface area contributed by atoms with Crippen molar-refractivity contribution in [2.75, 3.05) is 0 Å². The van der Waals surface area contributed by atoms with E-state index in [0.29, 0.717) is 5.92 Å². The normalized spacial score (nSPS) is 17.6. The van der Waals surface area contributed by atoms with E-state index < -0.39 is 0 Å². The second-order valence-electron chi connectivity index (χ2n) is 5.83. The largest absolute Gasteiger partial charge is 0.241 e. The van der Waals surface area contributed by atoms with Gasteiger partial charge in [0.2, 0.25) is 6.08 Å². The van der Waals surface area contributed by atoms with E-state index in [9.17, 15) is 4.79 Å². The van der Waals surface area contributed by atoms with Crippen LogP contribution in [0.25, 0.3) is 10.2 Å². The van der Waals surface area contributed by atoms with Crippen molar-refractivity contribution in [3.05, 3.63) is 28.8 Å². The fourth-order valence-corrected chi connectivity index (χ4v) is 3.94. The molecule has 0 N–H and O–H groups in total. The molecule has 104 valence electrons. The maximum Gasteiger partial charge on any atom is 0.235 e. The number of fused-ring (bicyclic) bond motifs is 1. The van der Waals surface area contributed by atoms with Gasteiger partial charge in [-0.25, -0.2) is 9.78 Å². The van der Waals surface area contributed by atoms with Crippen molar-refractivity contribution in [3.63, 3.8) is 0 Å². The number of hydrogen-bond donors (Lipinski definition) is 0. The molecule has 1 aliphatic rings. The van der Waals surface area contributed by atoms with Gasteiger partial charge in [-0.05, 0) is 30.5 Å². The average Bonchev–Trinajstić information content (AvgIpc) is 3.04. The summed E-state index contributed by atoms with van der Waals surface area (Å²) in [5, 5.41) is 1.16. The summed E-state index contributed by atoms with van der Waals surface area (Å²) in [6.45, 7) is 4.32. The minimum absolute atomic E-state index is 0.350. The predicted molar refractivity (Wildman–Crippen MR) is 82.0 cm³/mol. The molecule has 0 aliphatic heterocycles. The summed E-state index contributed by atoms with van der Waals surface area (Å²) in [7, 11) is 0. The Morgan fingerprint density at radius 3 is 2.75 bits per heavy atom. The predicted octanol–water partition coefficient (Wildman–Crippen LogP) is 4.52. The number of thiazole rings is 1. The highest BCUT2D eigenvalue weighted by atomic mass is 32.1. The van der Waals surface area contributed by atoms with E-state index in [4.69, 9.17) is 4.98 Å². The van der Waals surface area contributed by atoms with Crippen molar-refractivity contribution in [1.82, 2.24) is 4.98 Å². The van der Waals surface area contributed by atoms with Crippen LogP contribution in [0.5, 0.6) is 0 Å². The molecule has 2 aromatic rings. The van der Waals surface area contributed by atoms with Crippen LogP contribution in [0.3, 0.4) is 0 Å². The molecular formula is C16H18N2OS. The van der Waals surface area contributed by atoms with Crippen molar-refractivity contribution in [2.24, 2.45) is 4.99 Å². The molecule has 1 heterocycles. The van der Waals surface area contributed by atoms with E-state index in [1.807, 2.05) is 0 Å². The van der Waals surface area contributed by atoms with Crippen LogP contribution in [0.15, 0.2) is 23.2 Å². The number of nitrogens with zero attached hydrogens (tertiary/aromatic N) is 2. The first kappa shape index (κ1) is 13.5. The molecule has 1 aliphatic carbocycles. The maximum absolute atomic E-state index is 10.8. The first-order chi connectivity index (χ1) is 9.64. The molecule has 0 unspecified atom stereocenters. The van der Waals surface area contributed by atoms with Crippen LogP contribution in [0.1, 0.15) is 56.0 Å². The first-order valence-corrected chi connectivity index (χ1v) is 7.96. The van der Waals surface area contributed by atoms with Gasteiger partial charge < -0.3 is 0 Å². The molecule has 0 amide bonds. The lowest BCUT2D eigenvalue weighted by molar-refractivity contribution is 0.456. The van der Waals surface area contributed by atoms with Crippen molar-refractivity contribution in [1.29, 1.82) is 0 Å². The number of hydrogen-bond acceptors (Lipinski definition) is 4. The zero-order valence-corrected chi connectivity index (χ0v) is 12.7. The fourth-order valence-electron chi connectivity index (χ4n) is 2.99. The van der Waals surface area contributed by atoms with E-state index in [2.05, 4.69) is 37.0 Å². The minimum Gasteiger partial charge on any atom is -0.241 e. The zero-order valence-electron chi connectivity index (χ0n) is 11.8. The molecular weight excluding hydrogens is 268 g/mol. The fraction of sp³-hybridized carbons (Fsp3) is 0.500. The molecule has 0 radical (unpaired) electrons. The Bertz CT molecular complexity index is 677. The molecule has 0 atom stereocenters. The Hall–Kier alpha value is -1.51. The van der Waals surface area contributed by atoms with Crippen LogP contribution in [0, 0.1) is 0 Å². The molecule has 0 bridgehead atoms. The van der Waals surface area contributed by atoms with Crippen LogP contribution in [-0.2, 0) is 10.3 Å². The zero-order chi connectivity index (χ0) is 14.2. The van der Waals surface area contributed by atoms with Crippen molar-refractivity contribution < 1.29 is 4.79 Å². The van der Waals surface area contributed by atoms with E-state index in [0.717, 1.165) is 41.8 Å². The summed E-state index contributed by atoms with van der Waals surface area (Å²) in [5.41, 5.74) is 1.80. The molecule has 4 heteroatoms. The van der Waals surface area contributed by atoms with Gasteiger partial charge in [0.1, 0.15) is 0 Å². The molecule has 0 spiro atoms. The Labute approximate surface area is 122 Å². The lowest BCUT2D eigenvalue weighted by atomic mass is 9.89. The summed E-state index contributed by atoms with van der Waals surface area (Å²) in [4.78, 5) is 19.6. The highest BCUT2D eigenvalue weighted by Crippen LogP contribution is 2.43. The molecule has 3 rings (SSSR count). The first-order valence-electron chi connectivity index (χ1n) is 7.15. The van der Waals surface area contributed by atoms with Gasteiger partial charge in [-0.2, -0.15) is 4.99 Å². The van der Waals surface area contributed by atoms with Crippen LogP contribution >= 0.6 is 11.3 Å². The van der Waals surface area contributed by atoms with Crippen LogP contribution in [-0.4, -0.2) is 11.1 Å². The summed E-state index contributed by atoms with van der Waals surface area (Å²) in [6.07, 6.45) is 5.90. The quantitative estimate of drug-likeness (QED) is 0.614. The number of isocyanates is 1. The number of aliphatic imine (C=N–C) groups is 1. The Balaban J connectivity index is 2.09. The average molecular weight is 286 g/mol. The Kier molecular flexibility index (Phi) is 3.45. The van der Waals surface area contributed by atoms with E-state index in [1.54, 1.807) is 17.4 Å². The lowest BCUT2D eigenvalue weighted by Crippen LogP contribution is -2.18. The summed E-state index contributed by atoms with van der Waals surface area (Å²) in [6, 6.07) is 6.34. The van der Waals surface area contributed by atoms with Crippen LogP contribution < -0.4 is 0 Å². The molecule has 20 heavy (non-hydrogen) atoms. The number of rotatable bonds is 3. The van der Waals surface area contributed by atoms with Gasteiger partial charge in [0, 0.05) is 5.92 Å². The smallest absolute Gasteiger partial charge is 0.235 e. The molecule has 1 aromatic heterocycles. The second kappa shape index (κ2) is 5.12. The standard InChI is InChI=1S/C16H18N2OS/c1-11(2)15-18-13-9-12(5-6-14(13)20-15)16(17-10-19)7-3-4-8-16/h5-6,9,11H,3-4,7-8H2,1-2H3. The molecule has 3 nitrogen and oxygen atoms in total. The van der Waals surface area contributed by atoms with Gasteiger partial charge >= 0.3 is 0 Å². The van der Waals surface area contributed by atoms with Crippen molar-refractivity contribution in [2.45, 2.75) is 51.0 Å². The summed E-state index contributed by atoms with van der Waals surface area (Å²) < 4.78 is 1.21. The Morgan fingerprint density at radius 2 is 2.10 bits per heavy atom. The van der Waals surface area contributed by atoms with Crippen molar-refractivity contribution >= 4 is 27.6 Å². The molecule has 1 saturated carbocycles. The third-order valence-electron chi connectivity index (χ3n) is 4.13. The molecule has 1 fully saturated rings. The van der Waals surface area contributed by atoms with Crippen molar-refractivity contribution in [3.8, 4) is 0 Å². The third kappa shape index (κ3) is 2.19. The lowest BCUT2D eigenvalue weighted by Gasteiger charge is -2.22. The maximum atomic E-state index is 10.8. The summed E-state index contributed by atoms with van der Waals surface area (Å²) in [5.74, 6) is 0.448. The van der Waals surface area contributed by atoms with E-state index in [1.165, 1.54) is 4.70 Å². The van der Waals surface area contributed by atoms with Gasteiger partial charge in [-0.3, -0.25) is 0 Å². The SMILES string of the molecule is CC(C)c1nc2cc(C3(N=C=O)CCCC3)ccc2s1. The van der Waals surface area contributed by atoms with Crippen LogP contribution in [0.4, 0.5) is 0 Å². The van der Waals surface area contributed by atoms with Crippen LogP contribution in [0.2, 0.25) is 0 Å². The topological polar surface area (TPSA) is 42.3 Å². The van der Waals surface area contributed by atoms with Gasteiger partial charge in [0.15, 0.2) is 0 Å². The monoisotopic (exact) mass is 286 g/mol. The van der Waals surface area contributed by atoms with E-state index >= 15 is 0 Å². The number of aromatic nitrogens is 1. The van der Waals surface area contributed by atoms with Gasteiger partial charge in [-0.15, -0.1) is 11.3 Å². The van der Waals surface area contributed by atoms with Gasteiger partial charge in [0.05, 0.1) is 20.8 Å². The highest BCUT2D eigenvalue weighted by Gasteiger charge is 2.35. The van der Waals surface area contributed by atoms with Gasteiger partial charge in [0.25, 0.3) is 0 Å². The minimum atomic E-state index is -0.350.